The van der Waals surface area contributed by atoms with Gasteiger partial charge in [0.05, 0.1) is 59.5 Å². The number of nitriles is 2. The number of aromatic nitrogens is 4. The van der Waals surface area contributed by atoms with Gasteiger partial charge in [0.2, 0.25) is 5.95 Å². The maximum atomic E-state index is 12.0. The molecule has 0 aliphatic carbocycles. The van der Waals surface area contributed by atoms with E-state index in [-0.39, 0.29) is 35.7 Å². The van der Waals surface area contributed by atoms with Crippen LogP contribution in [0.4, 0.5) is 27.9 Å². The maximum Gasteiger partial charge on any atom is 0.407 e. The molecule has 1 unspecified atom stereocenters. The number of fused-ring (bicyclic) bond motifs is 2. The molecule has 3 aromatic rings. The molecule has 0 bridgehead atoms. The quantitative estimate of drug-likeness (QED) is 0.425. The number of hydrogen-bond donors (Lipinski definition) is 3. The highest BCUT2D eigenvalue weighted by atomic mass is 35.5. The second-order valence-electron chi connectivity index (χ2n) is 9.29. The number of alkyl carbamates (subject to hydrolysis) is 1. The summed E-state index contributed by atoms with van der Waals surface area (Å²) in [6, 6.07) is 7.37. The summed E-state index contributed by atoms with van der Waals surface area (Å²) in [5, 5.41) is 33.3. The monoisotopic (exact) mass is 534 g/mol. The van der Waals surface area contributed by atoms with Crippen LogP contribution in [0, 0.1) is 28.6 Å². The number of halogens is 1. The first-order valence-electron chi connectivity index (χ1n) is 12.2. The molecule has 3 aliphatic rings. The zero-order valence-electron chi connectivity index (χ0n) is 20.3. The van der Waals surface area contributed by atoms with Crippen molar-refractivity contribution in [3.05, 3.63) is 34.6 Å². The number of ether oxygens (including phenoxy) is 2. The number of rotatable bonds is 6. The van der Waals surface area contributed by atoms with Crippen LogP contribution in [-0.2, 0) is 9.47 Å². The molecule has 1 amide bonds. The molecule has 6 rings (SSSR count). The Morgan fingerprint density at radius 2 is 2.13 bits per heavy atom. The molecule has 0 saturated carbocycles. The zero-order valence-corrected chi connectivity index (χ0v) is 21.1. The highest BCUT2D eigenvalue weighted by Gasteiger charge is 2.50. The number of benzene rings is 1. The Labute approximate surface area is 222 Å². The Hall–Kier alpha value is -4.33. The lowest BCUT2D eigenvalue weighted by molar-refractivity contribution is -0.0689. The Morgan fingerprint density at radius 3 is 2.84 bits per heavy atom. The second kappa shape index (κ2) is 9.52. The lowest BCUT2D eigenvalue weighted by Gasteiger charge is -2.48. The van der Waals surface area contributed by atoms with Crippen molar-refractivity contribution in [2.24, 2.45) is 5.92 Å². The van der Waals surface area contributed by atoms with Gasteiger partial charge in [-0.05, 0) is 25.5 Å². The zero-order chi connectivity index (χ0) is 26.4. The average molecular weight is 535 g/mol. The molecule has 13 nitrogen and oxygen atoms in total. The standard InChI is InChI=1S/C24H23ClN10O3/c1-2-28-21-22-29-9-14(8-27)35(22)33-23(32-21)30-16-5-12(7-26)6-17(18(16)25)34-4-3-15-20(38-24(36)31-15)19(34)13-10-37-11-13/h5-6,9,13,15,19-20H,2-4,10-11H2,1H3,(H,31,36)(H2,28,30,32,33)/t15-,19?,20-/m1/s1. The van der Waals surface area contributed by atoms with Crippen molar-refractivity contribution in [3.8, 4) is 12.1 Å². The van der Waals surface area contributed by atoms with E-state index in [2.05, 4.69) is 48.1 Å². The number of carbonyl (C=O) groups is 1. The lowest BCUT2D eigenvalue weighted by atomic mass is 9.84. The van der Waals surface area contributed by atoms with Crippen LogP contribution in [0.5, 0.6) is 0 Å². The van der Waals surface area contributed by atoms with Crippen LogP contribution in [0.25, 0.3) is 5.65 Å². The van der Waals surface area contributed by atoms with E-state index in [9.17, 15) is 15.3 Å². The number of piperidine rings is 1. The van der Waals surface area contributed by atoms with Gasteiger partial charge in [0.25, 0.3) is 0 Å². The molecule has 0 radical (unpaired) electrons. The molecule has 3 fully saturated rings. The summed E-state index contributed by atoms with van der Waals surface area (Å²) in [5.74, 6) is 0.761. The molecule has 14 heteroatoms. The van der Waals surface area contributed by atoms with E-state index in [1.165, 1.54) is 10.7 Å². The van der Waals surface area contributed by atoms with Crippen LogP contribution in [0.1, 0.15) is 24.6 Å². The van der Waals surface area contributed by atoms with Crippen LogP contribution < -0.4 is 20.9 Å². The van der Waals surface area contributed by atoms with Crippen LogP contribution in [-0.4, -0.2) is 70.2 Å². The molecule has 2 aromatic heterocycles. The Morgan fingerprint density at radius 1 is 1.29 bits per heavy atom. The average Bonchev–Trinajstić information content (AvgIpc) is 3.47. The fraction of sp³-hybridized carbons (Fsp3) is 0.417. The number of carbonyl (C=O) groups excluding carboxylic acids is 1. The van der Waals surface area contributed by atoms with Gasteiger partial charge in [-0.3, -0.25) is 0 Å². The largest absolute Gasteiger partial charge is 0.442 e. The molecule has 0 spiro atoms. The number of nitrogens with zero attached hydrogens (tertiary/aromatic N) is 7. The summed E-state index contributed by atoms with van der Waals surface area (Å²) in [4.78, 5) is 22.9. The van der Waals surface area contributed by atoms with Gasteiger partial charge in [-0.25, -0.2) is 9.78 Å². The van der Waals surface area contributed by atoms with E-state index in [1.54, 1.807) is 12.1 Å². The van der Waals surface area contributed by atoms with Gasteiger partial charge in [0.1, 0.15) is 12.2 Å². The van der Waals surface area contributed by atoms with Crippen molar-refractivity contribution in [2.75, 3.05) is 41.8 Å². The van der Waals surface area contributed by atoms with Crippen LogP contribution >= 0.6 is 11.6 Å². The van der Waals surface area contributed by atoms with E-state index in [4.69, 9.17) is 21.1 Å². The first-order chi connectivity index (χ1) is 18.5. The first-order valence-corrected chi connectivity index (χ1v) is 12.6. The summed E-state index contributed by atoms with van der Waals surface area (Å²) in [7, 11) is 0. The minimum atomic E-state index is -0.424. The number of imidazole rings is 1. The highest BCUT2D eigenvalue weighted by molar-refractivity contribution is 6.36. The Balaban J connectivity index is 1.40. The second-order valence-corrected chi connectivity index (χ2v) is 9.67. The molecule has 3 saturated heterocycles. The number of anilines is 4. The normalized spacial score (nSPS) is 22.6. The van der Waals surface area contributed by atoms with Gasteiger partial charge in [-0.1, -0.05) is 11.6 Å². The predicted octanol–water partition coefficient (Wildman–Crippen LogP) is 2.40. The number of amides is 1. The fourth-order valence-electron chi connectivity index (χ4n) is 5.27. The van der Waals surface area contributed by atoms with Gasteiger partial charge in [0, 0.05) is 19.0 Å². The molecule has 194 valence electrons. The molecule has 1 aromatic carbocycles. The molecular weight excluding hydrogens is 512 g/mol. The van der Waals surface area contributed by atoms with Gasteiger partial charge < -0.3 is 30.3 Å². The van der Waals surface area contributed by atoms with E-state index in [0.29, 0.717) is 66.1 Å². The SMILES string of the molecule is CCNc1nc(Nc2cc(C#N)cc(N3CC[C@H]4NC(=O)O[C@H]4C3C3COC3)c2Cl)nn2c(C#N)cnc12. The maximum absolute atomic E-state index is 12.0. The number of nitrogens with one attached hydrogen (secondary N) is 3. The van der Waals surface area contributed by atoms with Crippen LogP contribution in [0.3, 0.4) is 0 Å². The summed E-state index contributed by atoms with van der Waals surface area (Å²) in [5.41, 5.74) is 2.11. The van der Waals surface area contributed by atoms with Crippen LogP contribution in [0.2, 0.25) is 5.02 Å². The lowest BCUT2D eigenvalue weighted by Crippen LogP contribution is -2.62. The summed E-state index contributed by atoms with van der Waals surface area (Å²) in [6.45, 7) is 4.21. The first kappa shape index (κ1) is 24.0. The molecular formula is C24H23ClN10O3. The van der Waals surface area contributed by atoms with Gasteiger partial charge in [-0.15, -0.1) is 5.10 Å². The summed E-state index contributed by atoms with van der Waals surface area (Å²) in [6.07, 6.45) is 1.31. The molecule has 38 heavy (non-hydrogen) atoms. The van der Waals surface area contributed by atoms with Gasteiger partial charge >= 0.3 is 6.09 Å². The molecule has 3 N–H and O–H groups in total. The van der Waals surface area contributed by atoms with Crippen molar-refractivity contribution in [1.29, 1.82) is 10.5 Å². The third-order valence-corrected chi connectivity index (χ3v) is 7.42. The van der Waals surface area contributed by atoms with E-state index in [1.807, 2.05) is 6.92 Å². The molecule has 3 atom stereocenters. The predicted molar refractivity (Wildman–Crippen MR) is 136 cm³/mol. The topological polar surface area (TPSA) is 166 Å². The summed E-state index contributed by atoms with van der Waals surface area (Å²) < 4.78 is 12.5. The van der Waals surface area contributed by atoms with Crippen molar-refractivity contribution in [3.63, 3.8) is 0 Å². The third-order valence-electron chi connectivity index (χ3n) is 7.03. The van der Waals surface area contributed by atoms with Gasteiger partial charge in [0.15, 0.2) is 17.2 Å². The summed E-state index contributed by atoms with van der Waals surface area (Å²) >= 11 is 6.97. The van der Waals surface area contributed by atoms with E-state index in [0.717, 1.165) is 0 Å². The Kier molecular flexibility index (Phi) is 6.02. The fourth-order valence-corrected chi connectivity index (χ4v) is 5.53. The molecule has 3 aliphatic heterocycles. The van der Waals surface area contributed by atoms with Crippen molar-refractivity contribution >= 4 is 46.5 Å². The van der Waals surface area contributed by atoms with Crippen molar-refractivity contribution in [2.45, 2.75) is 31.5 Å². The van der Waals surface area contributed by atoms with Crippen LogP contribution in [0.15, 0.2) is 18.3 Å². The third kappa shape index (κ3) is 3.97. The minimum absolute atomic E-state index is 0.0889. The number of hydrogen-bond acceptors (Lipinski definition) is 11. The van der Waals surface area contributed by atoms with Crippen molar-refractivity contribution in [1.82, 2.24) is 24.9 Å². The smallest absolute Gasteiger partial charge is 0.407 e. The minimum Gasteiger partial charge on any atom is -0.442 e. The Bertz CT molecular complexity index is 1510. The van der Waals surface area contributed by atoms with E-state index >= 15 is 0 Å². The molecule has 5 heterocycles. The van der Waals surface area contributed by atoms with Crippen molar-refractivity contribution < 1.29 is 14.3 Å². The van der Waals surface area contributed by atoms with E-state index < -0.39 is 6.09 Å². The van der Waals surface area contributed by atoms with Gasteiger partial charge in [-0.2, -0.15) is 20.0 Å². The highest BCUT2D eigenvalue weighted by Crippen LogP contribution is 2.42.